The number of hydrogen-bond acceptors (Lipinski definition) is 27. The van der Waals surface area contributed by atoms with Gasteiger partial charge in [-0.05, 0) is 60.7 Å². The molecule has 0 heterocycles. The molecular formula is C28H29N5O20S6. The maximum absolute atomic E-state index is 13.0. The highest BCUT2D eigenvalue weighted by Gasteiger charge is 2.22. The molecule has 6 N–H and O–H groups in total. The van der Waals surface area contributed by atoms with Crippen LogP contribution in [0.1, 0.15) is 0 Å². The smallest absolute Gasteiger partial charge is 0.283 e. The zero-order valence-corrected chi connectivity index (χ0v) is 34.3. The summed E-state index contributed by atoms with van der Waals surface area (Å²) in [6.07, 6.45) is 0. The van der Waals surface area contributed by atoms with E-state index in [9.17, 15) is 34.9 Å². The number of ether oxygens (including phenoxy) is 1. The van der Waals surface area contributed by atoms with E-state index in [1.165, 1.54) is 61.7 Å². The highest BCUT2D eigenvalue weighted by Crippen LogP contribution is 2.48. The lowest BCUT2D eigenvalue weighted by atomic mass is 10.1. The number of rotatable bonds is 25. The van der Waals surface area contributed by atoms with Crippen LogP contribution >= 0.6 is 36.7 Å². The first-order chi connectivity index (χ1) is 28.1. The standard InChI is InChI=1S/C28H29N5O20S6/c1-45-24-9-6-19(58(40,41)13-11-47-56-53-50-37)14-23(24)31-32-26-21-15-25(54-51-48-35)27(28(34)20(21)7-8-22(26)29-16-59(42,43)44)33-30-17-2-4-18(5-3-17)57(38,39)12-10-46-55-52-49-36/h2-9,14-15,29,34-37H,10-13,16H2,1H3,(H,42,43,44). The van der Waals surface area contributed by atoms with E-state index in [1.54, 1.807) is 0 Å². The third kappa shape index (κ3) is 14.1. The average molecular weight is 948 g/mol. The summed E-state index contributed by atoms with van der Waals surface area (Å²) in [5.41, 5.74) is -0.526. The van der Waals surface area contributed by atoms with Crippen molar-refractivity contribution in [3.8, 4) is 11.5 Å². The van der Waals surface area contributed by atoms with E-state index in [2.05, 4.69) is 53.9 Å². The van der Waals surface area contributed by atoms with Crippen LogP contribution < -0.4 is 10.1 Å². The summed E-state index contributed by atoms with van der Waals surface area (Å²) >= 11 is 0.737. The minimum Gasteiger partial charge on any atom is -0.505 e. The fourth-order valence-electron chi connectivity index (χ4n) is 4.56. The molecule has 0 atom stereocenters. The predicted molar refractivity (Wildman–Crippen MR) is 205 cm³/mol. The maximum Gasteiger partial charge on any atom is 0.283 e. The first kappa shape index (κ1) is 47.8. The SMILES string of the molecule is COc1ccc(S(=O)(=O)CCOSOOO)cc1N=Nc1c(NCS(=O)(=O)O)ccc2c(O)c(N=Nc3ccc(S(=O)(=O)CCOSOOO)cc3)c(SOOO)cc12. The molecule has 0 fully saturated rings. The van der Waals surface area contributed by atoms with E-state index in [4.69, 9.17) is 28.9 Å². The molecule has 25 nitrogen and oxygen atoms in total. The van der Waals surface area contributed by atoms with Crippen LogP contribution in [0, 0.1) is 0 Å². The van der Waals surface area contributed by atoms with Crippen LogP contribution in [0.15, 0.2) is 95.8 Å². The van der Waals surface area contributed by atoms with Gasteiger partial charge in [-0.2, -0.15) is 13.5 Å². The molecular weight excluding hydrogens is 919 g/mol. The van der Waals surface area contributed by atoms with Crippen molar-refractivity contribution in [1.82, 2.24) is 0 Å². The molecule has 0 spiro atoms. The fourth-order valence-corrected chi connectivity index (χ4v) is 8.22. The molecule has 0 amide bonds. The van der Waals surface area contributed by atoms with Crippen molar-refractivity contribution in [2.45, 2.75) is 14.7 Å². The molecule has 0 saturated carbocycles. The lowest BCUT2D eigenvalue weighted by Gasteiger charge is -2.14. The number of methoxy groups -OCH3 is 1. The van der Waals surface area contributed by atoms with Crippen LogP contribution in [0.2, 0.25) is 0 Å². The van der Waals surface area contributed by atoms with Crippen LogP contribution in [0.4, 0.5) is 28.4 Å². The number of sulfone groups is 2. The highest BCUT2D eigenvalue weighted by atomic mass is 32.2. The first-order valence-corrected chi connectivity index (χ1v) is 22.4. The summed E-state index contributed by atoms with van der Waals surface area (Å²) in [6.45, 7) is -0.703. The Morgan fingerprint density at radius 1 is 0.678 bits per heavy atom. The molecule has 0 aliphatic rings. The van der Waals surface area contributed by atoms with Crippen molar-refractivity contribution in [2.24, 2.45) is 20.5 Å². The van der Waals surface area contributed by atoms with Gasteiger partial charge in [-0.1, -0.05) is 15.1 Å². The summed E-state index contributed by atoms with van der Waals surface area (Å²) in [7, 11) is -11.2. The largest absolute Gasteiger partial charge is 0.505 e. The van der Waals surface area contributed by atoms with E-state index in [0.29, 0.717) is 12.0 Å². The number of fused-ring (bicyclic) bond motifs is 1. The van der Waals surface area contributed by atoms with E-state index in [0.717, 1.165) is 6.07 Å². The number of azo groups is 2. The molecule has 4 rings (SSSR count). The molecule has 59 heavy (non-hydrogen) atoms. The molecule has 31 heteroatoms. The molecule has 0 unspecified atom stereocenters. The van der Waals surface area contributed by atoms with E-state index in [1.807, 2.05) is 0 Å². The number of nitrogens with one attached hydrogen (secondary N) is 1. The minimum atomic E-state index is -4.60. The normalized spacial score (nSPS) is 12.6. The van der Waals surface area contributed by atoms with Gasteiger partial charge in [0.25, 0.3) is 10.1 Å². The molecule has 4 aromatic rings. The van der Waals surface area contributed by atoms with Crippen molar-refractivity contribution in [1.29, 1.82) is 0 Å². The van der Waals surface area contributed by atoms with Gasteiger partial charge in [0.2, 0.25) is 0 Å². The molecule has 0 aromatic heterocycles. The third-order valence-corrected chi connectivity index (χ3v) is 12.4. The molecule has 0 saturated heterocycles. The second-order valence-corrected chi connectivity index (χ2v) is 18.1. The lowest BCUT2D eigenvalue weighted by Crippen LogP contribution is -2.13. The van der Waals surface area contributed by atoms with Crippen molar-refractivity contribution in [3.05, 3.63) is 60.7 Å². The second-order valence-electron chi connectivity index (χ2n) is 10.7. The van der Waals surface area contributed by atoms with Gasteiger partial charge in [0.1, 0.15) is 28.7 Å². The van der Waals surface area contributed by atoms with Gasteiger partial charge in [-0.3, -0.25) is 12.9 Å². The fraction of sp³-hybridized carbons (Fsp3) is 0.214. The summed E-state index contributed by atoms with van der Waals surface area (Å²) in [5.74, 6) is -2.53. The van der Waals surface area contributed by atoms with Crippen molar-refractivity contribution in [2.75, 3.05) is 43.0 Å². The average Bonchev–Trinajstić information content (AvgIpc) is 3.20. The van der Waals surface area contributed by atoms with Gasteiger partial charge in [-0.15, -0.1) is 28.3 Å². The Balaban J connectivity index is 1.76. The summed E-state index contributed by atoms with van der Waals surface area (Å²) in [6, 6.07) is 12.6. The van der Waals surface area contributed by atoms with E-state index in [-0.39, 0.29) is 97.5 Å². The Morgan fingerprint density at radius 3 is 1.86 bits per heavy atom. The van der Waals surface area contributed by atoms with Crippen LogP contribution in [0.25, 0.3) is 10.8 Å². The molecule has 0 bridgehead atoms. The van der Waals surface area contributed by atoms with Gasteiger partial charge in [0, 0.05) is 10.8 Å². The number of aromatic hydroxyl groups is 1. The Kier molecular flexibility index (Phi) is 18.4. The number of nitrogens with zero attached hydrogens (tertiary/aromatic N) is 4. The Labute approximate surface area is 346 Å². The molecule has 4 aromatic carbocycles. The number of benzene rings is 4. The zero-order chi connectivity index (χ0) is 43.1. The van der Waals surface area contributed by atoms with Crippen LogP contribution in [0.5, 0.6) is 11.5 Å². The van der Waals surface area contributed by atoms with Crippen molar-refractivity contribution in [3.63, 3.8) is 0 Å². The zero-order valence-electron chi connectivity index (χ0n) is 29.4. The number of anilines is 1. The van der Waals surface area contributed by atoms with Gasteiger partial charge in [0.15, 0.2) is 50.1 Å². The van der Waals surface area contributed by atoms with Crippen molar-refractivity contribution < 1.29 is 91.9 Å². The minimum absolute atomic E-state index is 0.00841. The number of phenolic OH excluding ortho intramolecular Hbond substituents is 1. The van der Waals surface area contributed by atoms with Gasteiger partial charge >= 0.3 is 0 Å². The highest BCUT2D eigenvalue weighted by molar-refractivity contribution is 7.94. The van der Waals surface area contributed by atoms with Gasteiger partial charge in [-0.25, -0.2) is 32.6 Å². The summed E-state index contributed by atoms with van der Waals surface area (Å²) in [5, 5.41) is 66.1. The third-order valence-electron chi connectivity index (χ3n) is 7.12. The van der Waals surface area contributed by atoms with E-state index >= 15 is 0 Å². The maximum atomic E-state index is 13.0. The van der Waals surface area contributed by atoms with Crippen LogP contribution in [-0.2, 0) is 66.3 Å². The number of phenols is 1. The van der Waals surface area contributed by atoms with E-state index < -0.39 is 52.9 Å². The molecule has 0 aliphatic heterocycles. The quantitative estimate of drug-likeness (QED) is 0.0101. The van der Waals surface area contributed by atoms with Crippen LogP contribution in [-0.4, -0.2) is 88.4 Å². The molecule has 0 aliphatic carbocycles. The Morgan fingerprint density at radius 2 is 1.27 bits per heavy atom. The second kappa shape index (κ2) is 22.7. The van der Waals surface area contributed by atoms with Crippen LogP contribution in [0.3, 0.4) is 0 Å². The molecule has 0 radical (unpaired) electrons. The lowest BCUT2D eigenvalue weighted by molar-refractivity contribution is -0.434. The monoisotopic (exact) mass is 947 g/mol. The van der Waals surface area contributed by atoms with Gasteiger partial charge in [0.05, 0.1) is 69.9 Å². The first-order valence-electron chi connectivity index (χ1n) is 15.4. The Bertz CT molecular complexity index is 2440. The number of hydrogen-bond donors (Lipinski definition) is 6. The predicted octanol–water partition coefficient (Wildman–Crippen LogP) is 6.62. The Hall–Kier alpha value is -3.84. The van der Waals surface area contributed by atoms with Gasteiger partial charge < -0.3 is 15.2 Å². The molecule has 322 valence electrons. The van der Waals surface area contributed by atoms with Crippen molar-refractivity contribution >= 4 is 106 Å². The summed E-state index contributed by atoms with van der Waals surface area (Å²) < 4.78 is 112. The topological polar surface area (TPSA) is 348 Å². The summed E-state index contributed by atoms with van der Waals surface area (Å²) in [4.78, 5) is -0.428.